The molecule has 0 radical (unpaired) electrons. The lowest BCUT2D eigenvalue weighted by Crippen LogP contribution is -2.56. The van der Waals surface area contributed by atoms with Gasteiger partial charge in [-0.25, -0.2) is 0 Å². The predicted octanol–water partition coefficient (Wildman–Crippen LogP) is 5.73. The average molecular weight is 393 g/mol. The van der Waals surface area contributed by atoms with E-state index in [-0.39, 0.29) is 39.9 Å². The number of fused-ring (bicyclic) bond motifs is 2. The maximum absolute atomic E-state index is 12.5. The lowest BCUT2D eigenvalue weighted by Gasteiger charge is -2.59. The summed E-state index contributed by atoms with van der Waals surface area (Å²) in [5.74, 6) is 0.916. The van der Waals surface area contributed by atoms with Crippen molar-refractivity contribution < 1.29 is 15.0 Å². The van der Waals surface area contributed by atoms with E-state index in [0.29, 0.717) is 17.9 Å². The molecule has 3 aliphatic rings. The van der Waals surface area contributed by atoms with E-state index in [1.54, 1.807) is 0 Å². The van der Waals surface area contributed by atoms with Gasteiger partial charge < -0.3 is 10.2 Å². The second-order valence-corrected chi connectivity index (χ2v) is 10.3. The zero-order valence-corrected chi connectivity index (χ0v) is 17.9. The Morgan fingerprint density at radius 1 is 1.07 bits per heavy atom. The second-order valence-electron chi connectivity index (χ2n) is 10.3. The van der Waals surface area contributed by atoms with Gasteiger partial charge in [-0.15, -0.1) is 0 Å². The van der Waals surface area contributed by atoms with Crippen LogP contribution >= 0.6 is 0 Å². The number of aryl methyl sites for hydroxylation is 1. The summed E-state index contributed by atoms with van der Waals surface area (Å²) in [4.78, 5) is 12.5. The van der Waals surface area contributed by atoms with E-state index in [9.17, 15) is 15.0 Å². The Bertz CT molecular complexity index is 903. The quantitative estimate of drug-likeness (QED) is 0.683. The van der Waals surface area contributed by atoms with Gasteiger partial charge in [-0.3, -0.25) is 4.79 Å². The lowest BCUT2D eigenvalue weighted by atomic mass is 9.44. The number of phenolic OH excluding ortho intramolecular Hbond substituents is 2. The second kappa shape index (κ2) is 6.90. The summed E-state index contributed by atoms with van der Waals surface area (Å²) < 4.78 is 0. The first-order valence-electron chi connectivity index (χ1n) is 10.7. The van der Waals surface area contributed by atoms with Crippen molar-refractivity contribution in [1.29, 1.82) is 0 Å². The number of hydrogen-bond donors (Lipinski definition) is 2. The number of aromatic hydroxyl groups is 2. The van der Waals surface area contributed by atoms with Crippen molar-refractivity contribution in [3.05, 3.63) is 59.2 Å². The van der Waals surface area contributed by atoms with Crippen LogP contribution in [-0.4, -0.2) is 16.0 Å². The molecule has 2 bridgehead atoms. The lowest BCUT2D eigenvalue weighted by molar-refractivity contribution is -0.151. The van der Waals surface area contributed by atoms with E-state index < -0.39 is 0 Å². The Balaban J connectivity index is 1.59. The molecule has 0 heterocycles. The Hall–Kier alpha value is -2.29. The topological polar surface area (TPSA) is 57.5 Å². The van der Waals surface area contributed by atoms with Crippen LogP contribution in [0.3, 0.4) is 0 Å². The highest BCUT2D eigenvalue weighted by Crippen LogP contribution is 2.64. The molecule has 154 valence electrons. The molecule has 2 N–H and O–H groups in total. The maximum Gasteiger partial charge on any atom is 0.137 e. The van der Waals surface area contributed by atoms with Crippen LogP contribution in [0.2, 0.25) is 0 Å². The molecule has 3 nitrogen and oxygen atoms in total. The minimum Gasteiger partial charge on any atom is -0.508 e. The van der Waals surface area contributed by atoms with Crippen molar-refractivity contribution in [2.45, 2.75) is 64.7 Å². The molecular formula is C26H32O3. The number of rotatable bonds is 5. The summed E-state index contributed by atoms with van der Waals surface area (Å²) in [5.41, 5.74) is 2.55. The van der Waals surface area contributed by atoms with Gasteiger partial charge in [-0.05, 0) is 59.3 Å². The van der Waals surface area contributed by atoms with Crippen molar-refractivity contribution in [3.8, 4) is 11.5 Å². The van der Waals surface area contributed by atoms with Gasteiger partial charge in [0.2, 0.25) is 0 Å². The van der Waals surface area contributed by atoms with Crippen LogP contribution in [0.4, 0.5) is 0 Å². The maximum atomic E-state index is 12.5. The molecule has 3 aliphatic carbocycles. The number of ketones is 1. The molecule has 5 rings (SSSR count). The molecule has 29 heavy (non-hydrogen) atoms. The predicted molar refractivity (Wildman–Crippen MR) is 115 cm³/mol. The van der Waals surface area contributed by atoms with E-state index in [0.717, 1.165) is 24.8 Å². The Labute approximate surface area is 173 Å². The first-order chi connectivity index (χ1) is 13.6. The van der Waals surface area contributed by atoms with Crippen LogP contribution in [0.15, 0.2) is 42.5 Å². The standard InChI is InChI=1S/C26H32O3/c1-25(2,11-10-16-8-6-5-7-9-16)17-12-22(28)24(23(29)13-17)18-14-21(27)20-15-19(18)26(20,3)4/h5-9,12-13,18-20,28-29H,10-11,14-15H2,1-4H3/t18-,19+,20-/m0/s1. The fraction of sp³-hybridized carbons (Fsp3) is 0.500. The number of Topliss-reactive ketones (excluding diaryl/α,β-unsaturated/α-hetero) is 1. The van der Waals surface area contributed by atoms with Gasteiger partial charge in [0.25, 0.3) is 0 Å². The summed E-state index contributed by atoms with van der Waals surface area (Å²) in [5, 5.41) is 21.8. The normalized spacial score (nSPS) is 25.5. The SMILES string of the molecule is CC(C)(CCc1ccccc1)c1cc(O)c([C@H]2CC(=O)[C@@H]3C[C@H]2C3(C)C)c(O)c1. The molecule has 3 heteroatoms. The van der Waals surface area contributed by atoms with Crippen LogP contribution in [-0.2, 0) is 16.6 Å². The Kier molecular flexibility index (Phi) is 4.76. The van der Waals surface area contributed by atoms with Crippen LogP contribution in [0, 0.1) is 17.3 Å². The summed E-state index contributed by atoms with van der Waals surface area (Å²) in [6, 6.07) is 14.0. The average Bonchev–Trinajstić information content (AvgIpc) is 2.66. The molecule has 0 aliphatic heterocycles. The van der Waals surface area contributed by atoms with Gasteiger partial charge in [0.15, 0.2) is 0 Å². The van der Waals surface area contributed by atoms with Crippen LogP contribution < -0.4 is 0 Å². The van der Waals surface area contributed by atoms with Gasteiger partial charge in [0.05, 0.1) is 0 Å². The summed E-state index contributed by atoms with van der Waals surface area (Å²) in [7, 11) is 0. The first kappa shape index (κ1) is 20.0. The van der Waals surface area contributed by atoms with E-state index >= 15 is 0 Å². The summed E-state index contributed by atoms with van der Waals surface area (Å²) in [6.45, 7) is 8.58. The zero-order chi connectivity index (χ0) is 21.0. The molecule has 0 aromatic heterocycles. The van der Waals surface area contributed by atoms with Crippen molar-refractivity contribution >= 4 is 5.78 Å². The molecule has 0 spiro atoms. The molecule has 0 unspecified atom stereocenters. The molecule has 3 fully saturated rings. The number of benzene rings is 2. The molecule has 0 saturated heterocycles. The van der Waals surface area contributed by atoms with Crippen molar-refractivity contribution in [1.82, 2.24) is 0 Å². The highest BCUT2D eigenvalue weighted by atomic mass is 16.3. The summed E-state index contributed by atoms with van der Waals surface area (Å²) in [6.07, 6.45) is 3.15. The van der Waals surface area contributed by atoms with Crippen molar-refractivity contribution in [3.63, 3.8) is 0 Å². The van der Waals surface area contributed by atoms with Crippen molar-refractivity contribution in [2.24, 2.45) is 17.3 Å². The van der Waals surface area contributed by atoms with Gasteiger partial charge in [0, 0.05) is 23.8 Å². The minimum absolute atomic E-state index is 0.0491. The third-order valence-electron chi connectivity index (χ3n) is 7.81. The van der Waals surface area contributed by atoms with Crippen LogP contribution in [0.25, 0.3) is 0 Å². The smallest absolute Gasteiger partial charge is 0.137 e. The zero-order valence-electron chi connectivity index (χ0n) is 17.9. The monoisotopic (exact) mass is 392 g/mol. The van der Waals surface area contributed by atoms with Crippen molar-refractivity contribution in [2.75, 3.05) is 0 Å². The number of phenols is 2. The molecule has 2 aromatic carbocycles. The third-order valence-corrected chi connectivity index (χ3v) is 7.81. The van der Waals surface area contributed by atoms with Gasteiger partial charge in [-0.1, -0.05) is 58.0 Å². The van der Waals surface area contributed by atoms with E-state index in [1.807, 2.05) is 30.3 Å². The fourth-order valence-corrected chi connectivity index (χ4v) is 5.63. The van der Waals surface area contributed by atoms with Gasteiger partial charge in [-0.2, -0.15) is 0 Å². The molecule has 0 amide bonds. The van der Waals surface area contributed by atoms with Crippen LogP contribution in [0.5, 0.6) is 11.5 Å². The molecule has 3 saturated carbocycles. The van der Waals surface area contributed by atoms with E-state index in [1.165, 1.54) is 5.56 Å². The molecule has 3 atom stereocenters. The first-order valence-corrected chi connectivity index (χ1v) is 10.7. The number of carbonyl (C=O) groups is 1. The summed E-state index contributed by atoms with van der Waals surface area (Å²) >= 11 is 0. The van der Waals surface area contributed by atoms with Gasteiger partial charge >= 0.3 is 0 Å². The Morgan fingerprint density at radius 2 is 1.69 bits per heavy atom. The minimum atomic E-state index is -0.188. The highest BCUT2D eigenvalue weighted by Gasteiger charge is 2.59. The number of carbonyl (C=O) groups excluding carboxylic acids is 1. The molecule has 2 aromatic rings. The van der Waals surface area contributed by atoms with Crippen LogP contribution in [0.1, 0.15) is 69.6 Å². The Morgan fingerprint density at radius 3 is 2.24 bits per heavy atom. The van der Waals surface area contributed by atoms with Gasteiger partial charge in [0.1, 0.15) is 17.3 Å². The molecular weight excluding hydrogens is 360 g/mol. The fourth-order valence-electron chi connectivity index (χ4n) is 5.63. The van der Waals surface area contributed by atoms with E-state index in [4.69, 9.17) is 0 Å². The van der Waals surface area contributed by atoms with E-state index in [2.05, 4.69) is 39.8 Å². The third kappa shape index (κ3) is 3.35. The largest absolute Gasteiger partial charge is 0.508 e. The number of hydrogen-bond acceptors (Lipinski definition) is 3. The highest BCUT2D eigenvalue weighted by molar-refractivity contribution is 5.86.